The summed E-state index contributed by atoms with van der Waals surface area (Å²) in [5, 5.41) is 0. The first-order chi connectivity index (χ1) is 6.47. The van der Waals surface area contributed by atoms with Crippen LogP contribution in [0.3, 0.4) is 0 Å². The van der Waals surface area contributed by atoms with Gasteiger partial charge in [-0.25, -0.2) is 8.42 Å². The molecule has 0 rings (SSSR count). The zero-order chi connectivity index (χ0) is 11.4. The summed E-state index contributed by atoms with van der Waals surface area (Å²) in [6, 6.07) is 0. The SMILES string of the molecule is CCCCCCS(=O)(=O)[O-].NCCN.[Na+]. The third kappa shape index (κ3) is 31.3. The van der Waals surface area contributed by atoms with Crippen molar-refractivity contribution in [2.75, 3.05) is 18.8 Å². The smallest absolute Gasteiger partial charge is 0.748 e. The molecular formula is C8H21N2NaO3S. The predicted octanol–water partition coefficient (Wildman–Crippen LogP) is -2.98. The van der Waals surface area contributed by atoms with Gasteiger partial charge in [0.05, 0.1) is 10.1 Å². The van der Waals surface area contributed by atoms with E-state index >= 15 is 0 Å². The minimum absolute atomic E-state index is 0. The molecule has 5 nitrogen and oxygen atoms in total. The Kier molecular flexibility index (Phi) is 20.9. The van der Waals surface area contributed by atoms with Crippen LogP contribution in [0.15, 0.2) is 0 Å². The van der Waals surface area contributed by atoms with Crippen LogP contribution in [0, 0.1) is 0 Å². The Labute approximate surface area is 115 Å². The van der Waals surface area contributed by atoms with Gasteiger partial charge in [-0.2, -0.15) is 0 Å². The van der Waals surface area contributed by atoms with Gasteiger partial charge in [-0.15, -0.1) is 0 Å². The third-order valence-corrected chi connectivity index (χ3v) is 2.20. The van der Waals surface area contributed by atoms with Crippen LogP contribution < -0.4 is 41.0 Å². The zero-order valence-electron chi connectivity index (χ0n) is 9.74. The van der Waals surface area contributed by atoms with Crippen molar-refractivity contribution < 1.29 is 42.5 Å². The molecule has 0 heterocycles. The molecule has 88 valence electrons. The van der Waals surface area contributed by atoms with Crippen molar-refractivity contribution in [3.63, 3.8) is 0 Å². The van der Waals surface area contributed by atoms with Crippen molar-refractivity contribution in [2.45, 2.75) is 32.6 Å². The molecule has 0 aliphatic heterocycles. The zero-order valence-corrected chi connectivity index (χ0v) is 12.6. The van der Waals surface area contributed by atoms with Gasteiger partial charge in [0.15, 0.2) is 0 Å². The van der Waals surface area contributed by atoms with Gasteiger partial charge in [-0.05, 0) is 6.42 Å². The minimum atomic E-state index is -3.95. The summed E-state index contributed by atoms with van der Waals surface area (Å²) in [6.45, 7) is 3.23. The first-order valence-electron chi connectivity index (χ1n) is 4.81. The maximum Gasteiger partial charge on any atom is 1.00 e. The summed E-state index contributed by atoms with van der Waals surface area (Å²) < 4.78 is 30.1. The van der Waals surface area contributed by atoms with Gasteiger partial charge in [0.1, 0.15) is 0 Å². The standard InChI is InChI=1S/C6H14O3S.C2H8N2.Na/c1-2-3-4-5-6-10(7,8)9;3-1-2-4;/h2-6H2,1H3,(H,7,8,9);1-4H2;/q;;+1/p-1. The maximum atomic E-state index is 10.0. The van der Waals surface area contributed by atoms with Gasteiger partial charge in [-0.3, -0.25) is 0 Å². The van der Waals surface area contributed by atoms with Crippen molar-refractivity contribution in [1.29, 1.82) is 0 Å². The van der Waals surface area contributed by atoms with Crippen LogP contribution in [0.5, 0.6) is 0 Å². The van der Waals surface area contributed by atoms with E-state index in [-0.39, 0.29) is 35.3 Å². The van der Waals surface area contributed by atoms with Gasteiger partial charge < -0.3 is 16.0 Å². The van der Waals surface area contributed by atoms with Gasteiger partial charge in [0, 0.05) is 18.8 Å². The second kappa shape index (κ2) is 14.8. The molecule has 0 aliphatic carbocycles. The summed E-state index contributed by atoms with van der Waals surface area (Å²) >= 11 is 0. The molecule has 0 unspecified atom stereocenters. The summed E-state index contributed by atoms with van der Waals surface area (Å²) in [6.07, 6.45) is 3.42. The first kappa shape index (κ1) is 21.1. The molecule has 4 N–H and O–H groups in total. The van der Waals surface area contributed by atoms with Crippen LogP contribution in [-0.2, 0) is 10.1 Å². The van der Waals surface area contributed by atoms with Crippen LogP contribution in [0.4, 0.5) is 0 Å². The number of unbranched alkanes of at least 4 members (excludes halogenated alkanes) is 3. The number of hydrogen-bond acceptors (Lipinski definition) is 5. The molecule has 7 heteroatoms. The van der Waals surface area contributed by atoms with Gasteiger partial charge in [-0.1, -0.05) is 26.2 Å². The molecule has 0 aromatic carbocycles. The molecule has 0 aliphatic rings. The fourth-order valence-corrected chi connectivity index (χ4v) is 1.26. The molecule has 0 saturated heterocycles. The van der Waals surface area contributed by atoms with E-state index in [9.17, 15) is 13.0 Å². The fourth-order valence-electron chi connectivity index (χ4n) is 0.706. The Morgan fingerprint density at radius 3 is 1.80 bits per heavy atom. The van der Waals surface area contributed by atoms with Crippen LogP contribution in [0.2, 0.25) is 0 Å². The molecule has 0 aromatic heterocycles. The predicted molar refractivity (Wildman–Crippen MR) is 56.8 cm³/mol. The Morgan fingerprint density at radius 1 is 1.07 bits per heavy atom. The molecular weight excluding hydrogens is 227 g/mol. The molecule has 0 fully saturated rings. The minimum Gasteiger partial charge on any atom is -0.748 e. The molecule has 0 amide bonds. The molecule has 0 bridgehead atoms. The van der Waals surface area contributed by atoms with E-state index in [1.807, 2.05) is 6.92 Å². The Bertz CT molecular complexity index is 196. The van der Waals surface area contributed by atoms with E-state index < -0.39 is 10.1 Å². The average Bonchev–Trinajstić information content (AvgIpc) is 2.11. The number of nitrogens with two attached hydrogens (primary N) is 2. The van der Waals surface area contributed by atoms with Crippen molar-refractivity contribution in [3.05, 3.63) is 0 Å². The third-order valence-electron chi connectivity index (χ3n) is 1.41. The van der Waals surface area contributed by atoms with Crippen molar-refractivity contribution in [2.24, 2.45) is 11.5 Å². The van der Waals surface area contributed by atoms with Gasteiger partial charge in [0.2, 0.25) is 0 Å². The molecule has 15 heavy (non-hydrogen) atoms. The number of hydrogen-bond donors (Lipinski definition) is 2. The van der Waals surface area contributed by atoms with E-state index in [0.29, 0.717) is 19.5 Å². The Hall–Kier alpha value is 0.830. The number of rotatable bonds is 6. The molecule has 0 atom stereocenters. The van der Waals surface area contributed by atoms with Crippen LogP contribution in [-0.4, -0.2) is 31.8 Å². The maximum absolute atomic E-state index is 10.0. The van der Waals surface area contributed by atoms with Crippen LogP contribution in [0.1, 0.15) is 32.6 Å². The van der Waals surface area contributed by atoms with Crippen LogP contribution >= 0.6 is 0 Å². The second-order valence-corrected chi connectivity index (χ2v) is 4.42. The fraction of sp³-hybridized carbons (Fsp3) is 1.00. The Morgan fingerprint density at radius 2 is 1.53 bits per heavy atom. The van der Waals surface area contributed by atoms with Gasteiger partial charge >= 0.3 is 29.6 Å². The first-order valence-corrected chi connectivity index (χ1v) is 6.39. The molecule has 0 saturated carbocycles. The molecule has 0 aromatic rings. The monoisotopic (exact) mass is 248 g/mol. The summed E-state index contributed by atoms with van der Waals surface area (Å²) in [5.74, 6) is -0.201. The van der Waals surface area contributed by atoms with E-state index in [1.54, 1.807) is 0 Å². The van der Waals surface area contributed by atoms with Crippen molar-refractivity contribution >= 4 is 10.1 Å². The largest absolute Gasteiger partial charge is 1.00 e. The average molecular weight is 248 g/mol. The molecule has 0 spiro atoms. The summed E-state index contributed by atoms with van der Waals surface area (Å²) in [5.41, 5.74) is 9.81. The van der Waals surface area contributed by atoms with E-state index in [0.717, 1.165) is 19.3 Å². The topological polar surface area (TPSA) is 109 Å². The summed E-state index contributed by atoms with van der Waals surface area (Å²) in [4.78, 5) is 0. The van der Waals surface area contributed by atoms with Gasteiger partial charge in [0.25, 0.3) is 0 Å². The summed E-state index contributed by atoms with van der Waals surface area (Å²) in [7, 11) is -3.95. The van der Waals surface area contributed by atoms with E-state index in [1.165, 1.54) is 0 Å². The normalized spacial score (nSPS) is 9.87. The van der Waals surface area contributed by atoms with E-state index in [4.69, 9.17) is 11.5 Å². The van der Waals surface area contributed by atoms with Crippen molar-refractivity contribution in [1.82, 2.24) is 0 Å². The van der Waals surface area contributed by atoms with Crippen LogP contribution in [0.25, 0.3) is 0 Å². The quantitative estimate of drug-likeness (QED) is 0.296. The second-order valence-electron chi connectivity index (χ2n) is 2.90. The Balaban J connectivity index is -0.000000249. The molecule has 0 radical (unpaired) electrons. The van der Waals surface area contributed by atoms with E-state index in [2.05, 4.69) is 0 Å². The van der Waals surface area contributed by atoms with Crippen molar-refractivity contribution in [3.8, 4) is 0 Å².